The number of benzene rings is 4. The van der Waals surface area contributed by atoms with Crippen molar-refractivity contribution in [3.05, 3.63) is 141 Å². The molecule has 0 amide bonds. The van der Waals surface area contributed by atoms with Gasteiger partial charge in [-0.05, 0) is 27.7 Å². The van der Waals surface area contributed by atoms with E-state index in [0.717, 1.165) is 62.5 Å². The van der Waals surface area contributed by atoms with Crippen molar-refractivity contribution in [2.75, 3.05) is 0 Å². The minimum absolute atomic E-state index is 0.804. The molecule has 0 aliphatic heterocycles. The third kappa shape index (κ3) is 4.62. The molecule has 0 atom stereocenters. The molecule has 4 aromatic carbocycles. The maximum absolute atomic E-state index is 15.8. The Bertz CT molecular complexity index is 1730. The zero-order valence-corrected chi connectivity index (χ0v) is 27.5. The smallest absolute Gasteiger partial charge is 0.172 e. The first-order valence-electron chi connectivity index (χ1n) is 13.9. The Balaban J connectivity index is 1.74. The second-order valence-electron chi connectivity index (χ2n) is 10.4. The average Bonchev–Trinajstić information content (AvgIpc) is 3.50. The van der Waals surface area contributed by atoms with Gasteiger partial charge in [0.25, 0.3) is 0 Å². The van der Waals surface area contributed by atoms with Crippen molar-refractivity contribution in [1.29, 1.82) is 0 Å². The fourth-order valence-electron chi connectivity index (χ4n) is 6.06. The third-order valence-electron chi connectivity index (χ3n) is 7.82. The number of hydrogen-bond acceptors (Lipinski definition) is 4. The molecule has 0 aliphatic rings. The highest BCUT2D eigenvalue weighted by Gasteiger charge is 2.41. The van der Waals surface area contributed by atoms with Crippen LogP contribution < -0.4 is 31.8 Å². The first-order chi connectivity index (χ1) is 20.3. The van der Waals surface area contributed by atoms with Crippen molar-refractivity contribution >= 4 is 68.8 Å². The molecule has 42 heavy (non-hydrogen) atoms. The van der Waals surface area contributed by atoms with E-state index in [-0.39, 0.29) is 0 Å². The Morgan fingerprint density at radius 1 is 0.381 bits per heavy atom. The largest absolute Gasteiger partial charge is 0.309 e. The predicted octanol–water partition coefficient (Wildman–Crippen LogP) is 7.99. The molecule has 0 bridgehead atoms. The van der Waals surface area contributed by atoms with Crippen LogP contribution in [0, 0.1) is 27.7 Å². The first-order valence-corrected chi connectivity index (χ1v) is 19.0. The summed E-state index contributed by atoms with van der Waals surface area (Å²) in [4.78, 5) is 4.23. The lowest BCUT2D eigenvalue weighted by molar-refractivity contribution is 0.591. The van der Waals surface area contributed by atoms with Crippen LogP contribution in [0.2, 0.25) is 0 Å². The first kappa shape index (κ1) is 28.8. The number of rotatable bonds is 7. The minimum Gasteiger partial charge on any atom is -0.309 e. The van der Waals surface area contributed by atoms with Gasteiger partial charge in [0.05, 0.1) is 0 Å². The molecule has 2 heterocycles. The number of aryl methyl sites for hydroxylation is 4. The van der Waals surface area contributed by atoms with E-state index in [0.29, 0.717) is 0 Å². The standard InChI is InChI=1S/C36H32O2P2S2/c1-25-33(35(27(3)41-25)39(37,29-17-9-5-10-18-29)30-19-11-6-12-20-30)34-26(2)42-28(4)36(34)40(38,31-21-13-7-14-22-31)32-23-15-8-16-24-32/h5-24H,1-4H3. The maximum Gasteiger partial charge on any atom is 0.172 e. The Kier molecular flexibility index (Phi) is 7.85. The highest BCUT2D eigenvalue weighted by Crippen LogP contribution is 2.54. The van der Waals surface area contributed by atoms with Gasteiger partial charge in [0, 0.05) is 62.5 Å². The minimum atomic E-state index is -3.30. The summed E-state index contributed by atoms with van der Waals surface area (Å²) >= 11 is 3.36. The monoisotopic (exact) mass is 622 g/mol. The summed E-state index contributed by atoms with van der Waals surface area (Å²) in [6, 6.07) is 39.4. The molecule has 0 saturated carbocycles. The van der Waals surface area contributed by atoms with Crippen molar-refractivity contribution in [2.24, 2.45) is 0 Å². The summed E-state index contributed by atoms with van der Waals surface area (Å²) < 4.78 is 31.6. The lowest BCUT2D eigenvalue weighted by Crippen LogP contribution is -2.30. The van der Waals surface area contributed by atoms with Crippen LogP contribution in [0.15, 0.2) is 121 Å². The van der Waals surface area contributed by atoms with Crippen LogP contribution in [0.3, 0.4) is 0 Å². The van der Waals surface area contributed by atoms with Crippen LogP contribution in [-0.4, -0.2) is 0 Å². The second-order valence-corrected chi connectivity index (χ2v) is 18.7. The fraction of sp³-hybridized carbons (Fsp3) is 0.111. The maximum atomic E-state index is 15.8. The van der Waals surface area contributed by atoms with Gasteiger partial charge < -0.3 is 9.13 Å². The van der Waals surface area contributed by atoms with Crippen LogP contribution in [0.25, 0.3) is 11.1 Å². The summed E-state index contributed by atoms with van der Waals surface area (Å²) in [7, 11) is -6.60. The van der Waals surface area contributed by atoms with Crippen LogP contribution in [0.1, 0.15) is 19.5 Å². The van der Waals surface area contributed by atoms with Crippen LogP contribution >= 0.6 is 37.0 Å². The summed E-state index contributed by atoms with van der Waals surface area (Å²) in [5.74, 6) is 0. The summed E-state index contributed by atoms with van der Waals surface area (Å²) in [5, 5.41) is 4.93. The van der Waals surface area contributed by atoms with Crippen molar-refractivity contribution < 1.29 is 9.13 Å². The Morgan fingerprint density at radius 2 is 0.619 bits per heavy atom. The molecule has 6 heteroatoms. The number of hydrogen-bond donors (Lipinski definition) is 0. The third-order valence-corrected chi connectivity index (χ3v) is 16.6. The zero-order chi connectivity index (χ0) is 29.5. The van der Waals surface area contributed by atoms with E-state index in [9.17, 15) is 0 Å². The van der Waals surface area contributed by atoms with Crippen LogP contribution in [-0.2, 0) is 9.13 Å². The van der Waals surface area contributed by atoms with Gasteiger partial charge in [-0.3, -0.25) is 0 Å². The Morgan fingerprint density at radius 3 is 0.857 bits per heavy atom. The lowest BCUT2D eigenvalue weighted by Gasteiger charge is -2.25. The second kappa shape index (κ2) is 11.4. The predicted molar refractivity (Wildman–Crippen MR) is 185 cm³/mol. The SMILES string of the molecule is Cc1sc(C)c(P(=O)(c2ccccc2)c2ccccc2)c1-c1c(C)sc(C)c1P(=O)(c1ccccc1)c1ccccc1. The van der Waals surface area contributed by atoms with Gasteiger partial charge in [-0.2, -0.15) is 0 Å². The van der Waals surface area contributed by atoms with Gasteiger partial charge in [0.2, 0.25) is 0 Å². The van der Waals surface area contributed by atoms with E-state index in [4.69, 9.17) is 0 Å². The molecule has 6 rings (SSSR count). The van der Waals surface area contributed by atoms with Gasteiger partial charge in [-0.15, -0.1) is 22.7 Å². The van der Waals surface area contributed by atoms with Gasteiger partial charge in [0.1, 0.15) is 0 Å². The van der Waals surface area contributed by atoms with Gasteiger partial charge >= 0.3 is 0 Å². The Labute approximate surface area is 256 Å². The van der Waals surface area contributed by atoms with Gasteiger partial charge in [-0.1, -0.05) is 121 Å². The normalized spacial score (nSPS) is 12.0. The van der Waals surface area contributed by atoms with Crippen LogP contribution in [0.5, 0.6) is 0 Å². The van der Waals surface area contributed by atoms with Gasteiger partial charge in [0.15, 0.2) is 14.3 Å². The van der Waals surface area contributed by atoms with Gasteiger partial charge in [-0.25, -0.2) is 0 Å². The fourth-order valence-corrected chi connectivity index (χ4v) is 15.3. The molecule has 6 aromatic rings. The molecule has 2 aromatic heterocycles. The average molecular weight is 623 g/mol. The molecule has 0 spiro atoms. The van der Waals surface area contributed by atoms with Crippen molar-refractivity contribution in [2.45, 2.75) is 27.7 Å². The van der Waals surface area contributed by atoms with Crippen molar-refractivity contribution in [3.63, 3.8) is 0 Å². The van der Waals surface area contributed by atoms with E-state index in [1.807, 2.05) is 121 Å². The van der Waals surface area contributed by atoms with E-state index >= 15 is 9.13 Å². The summed E-state index contributed by atoms with van der Waals surface area (Å²) in [5.41, 5.74) is 1.94. The Hall–Kier alpha value is -3.26. The summed E-state index contributed by atoms with van der Waals surface area (Å²) in [6.07, 6.45) is 0. The van der Waals surface area contributed by atoms with E-state index in [2.05, 4.69) is 27.7 Å². The topological polar surface area (TPSA) is 34.1 Å². The molecule has 2 nitrogen and oxygen atoms in total. The quantitative estimate of drug-likeness (QED) is 0.169. The van der Waals surface area contributed by atoms with E-state index in [1.54, 1.807) is 22.7 Å². The van der Waals surface area contributed by atoms with Crippen molar-refractivity contribution in [1.82, 2.24) is 0 Å². The zero-order valence-electron chi connectivity index (χ0n) is 24.1. The lowest BCUT2D eigenvalue weighted by atomic mass is 10.1. The molecule has 0 N–H and O–H groups in total. The molecular formula is C36H32O2P2S2. The van der Waals surface area contributed by atoms with Crippen molar-refractivity contribution in [3.8, 4) is 11.1 Å². The molecule has 0 fully saturated rings. The molecule has 0 aliphatic carbocycles. The molecule has 0 unspecified atom stereocenters. The number of thiophene rings is 2. The van der Waals surface area contributed by atoms with E-state index in [1.165, 1.54) is 0 Å². The highest BCUT2D eigenvalue weighted by molar-refractivity contribution is 7.86. The molecule has 0 saturated heterocycles. The molecule has 0 radical (unpaired) electrons. The molecule has 210 valence electrons. The molecular weight excluding hydrogens is 590 g/mol. The highest BCUT2D eigenvalue weighted by atomic mass is 32.1. The van der Waals surface area contributed by atoms with E-state index < -0.39 is 14.3 Å². The summed E-state index contributed by atoms with van der Waals surface area (Å²) in [6.45, 7) is 8.39. The van der Waals surface area contributed by atoms with Crippen LogP contribution in [0.4, 0.5) is 0 Å².